The molecule has 2 amide bonds. The Kier molecular flexibility index (Phi) is 3.47. The second kappa shape index (κ2) is 5.17. The fourth-order valence-electron chi connectivity index (χ4n) is 3.82. The number of nitrogens with one attached hydrogen (secondary N) is 1. The fraction of sp³-hybridized carbons (Fsp3) is 0.529. The van der Waals surface area contributed by atoms with Crippen molar-refractivity contribution in [3.63, 3.8) is 0 Å². The lowest BCUT2D eigenvalue weighted by Crippen LogP contribution is -2.65. The van der Waals surface area contributed by atoms with Gasteiger partial charge in [-0.3, -0.25) is 9.59 Å². The topological polar surface area (TPSA) is 49.4 Å². The van der Waals surface area contributed by atoms with Gasteiger partial charge in [0, 0.05) is 6.54 Å². The van der Waals surface area contributed by atoms with Gasteiger partial charge in [0.05, 0.1) is 6.54 Å². The third-order valence-electron chi connectivity index (χ3n) is 4.69. The number of carbonyl (C=O) groups excluding carboxylic acids is 2. The van der Waals surface area contributed by atoms with E-state index in [1.54, 1.807) is 0 Å². The minimum atomic E-state index is -0.604. The molecule has 2 aliphatic rings. The summed E-state index contributed by atoms with van der Waals surface area (Å²) in [5.41, 5.74) is 2.90. The van der Waals surface area contributed by atoms with Gasteiger partial charge in [0.25, 0.3) is 0 Å². The number of nitrogens with zero attached hydrogens (tertiary/aromatic N) is 1. The van der Waals surface area contributed by atoms with Gasteiger partial charge in [0.15, 0.2) is 0 Å². The maximum atomic E-state index is 12.4. The largest absolute Gasteiger partial charge is 0.345 e. The van der Waals surface area contributed by atoms with Gasteiger partial charge >= 0.3 is 0 Å². The Morgan fingerprint density at radius 3 is 2.33 bits per heavy atom. The van der Waals surface area contributed by atoms with Crippen LogP contribution in [0.2, 0.25) is 0 Å². The maximum Gasteiger partial charge on any atom is 0.246 e. The number of hydrogen-bond donors (Lipinski definition) is 1. The van der Waals surface area contributed by atoms with Crippen molar-refractivity contribution in [2.45, 2.75) is 51.6 Å². The summed E-state index contributed by atoms with van der Waals surface area (Å²) < 4.78 is 0. The molecule has 4 heteroatoms. The average Bonchev–Trinajstić information content (AvgIpc) is 2.89. The lowest BCUT2D eigenvalue weighted by Gasteiger charge is -2.43. The highest BCUT2D eigenvalue weighted by atomic mass is 16.2. The number of aryl methyl sites for hydroxylation is 2. The molecule has 0 radical (unpaired) electrons. The van der Waals surface area contributed by atoms with Crippen LogP contribution in [0.3, 0.4) is 0 Å². The third-order valence-corrected chi connectivity index (χ3v) is 4.69. The molecular formula is C17H22N2O2. The first-order valence-corrected chi connectivity index (χ1v) is 7.67. The Morgan fingerprint density at radius 2 is 1.71 bits per heavy atom. The van der Waals surface area contributed by atoms with Crippen LogP contribution in [-0.2, 0) is 16.1 Å². The zero-order valence-corrected chi connectivity index (χ0v) is 12.7. The number of carbonyl (C=O) groups is 2. The first-order valence-electron chi connectivity index (χ1n) is 7.67. The van der Waals surface area contributed by atoms with Crippen molar-refractivity contribution in [3.8, 4) is 0 Å². The van der Waals surface area contributed by atoms with E-state index in [-0.39, 0.29) is 18.4 Å². The highest BCUT2D eigenvalue weighted by Crippen LogP contribution is 2.38. The Bertz CT molecular complexity index is 568. The van der Waals surface area contributed by atoms with Crippen molar-refractivity contribution in [2.24, 2.45) is 0 Å². The molecule has 1 spiro atoms. The van der Waals surface area contributed by atoms with Crippen LogP contribution in [0.4, 0.5) is 0 Å². The Morgan fingerprint density at radius 1 is 1.10 bits per heavy atom. The molecule has 3 rings (SSSR count). The van der Waals surface area contributed by atoms with Crippen LogP contribution in [0.15, 0.2) is 18.2 Å². The summed E-state index contributed by atoms with van der Waals surface area (Å²) in [6, 6.07) is 6.34. The van der Waals surface area contributed by atoms with Crippen LogP contribution in [0.25, 0.3) is 0 Å². The van der Waals surface area contributed by atoms with Crippen LogP contribution in [0.1, 0.15) is 42.4 Å². The Balaban J connectivity index is 1.93. The van der Waals surface area contributed by atoms with E-state index in [4.69, 9.17) is 0 Å². The van der Waals surface area contributed by atoms with Crippen molar-refractivity contribution in [3.05, 3.63) is 34.9 Å². The maximum absolute atomic E-state index is 12.4. The zero-order valence-electron chi connectivity index (χ0n) is 12.7. The average molecular weight is 286 g/mol. The summed E-state index contributed by atoms with van der Waals surface area (Å²) in [5.74, 6) is 0.0691. The third kappa shape index (κ3) is 2.43. The number of amides is 2. The van der Waals surface area contributed by atoms with Gasteiger partial charge in [0.1, 0.15) is 5.54 Å². The van der Waals surface area contributed by atoms with Crippen LogP contribution < -0.4 is 5.32 Å². The summed E-state index contributed by atoms with van der Waals surface area (Å²) in [5, 5.41) is 2.77. The number of piperazine rings is 1. The molecule has 2 fully saturated rings. The van der Waals surface area contributed by atoms with E-state index in [0.717, 1.165) is 31.2 Å². The zero-order chi connectivity index (χ0) is 15.0. The molecule has 1 heterocycles. The Labute approximate surface area is 125 Å². The highest BCUT2D eigenvalue weighted by Gasteiger charge is 2.50. The van der Waals surface area contributed by atoms with Gasteiger partial charge in [-0.05, 0) is 32.3 Å². The molecule has 4 nitrogen and oxygen atoms in total. The molecule has 0 bridgehead atoms. The quantitative estimate of drug-likeness (QED) is 0.905. The minimum Gasteiger partial charge on any atom is -0.345 e. The van der Waals surface area contributed by atoms with Crippen molar-refractivity contribution >= 4 is 11.8 Å². The Hall–Kier alpha value is -1.84. The van der Waals surface area contributed by atoms with Crippen LogP contribution in [-0.4, -0.2) is 28.8 Å². The molecule has 1 aromatic carbocycles. The summed E-state index contributed by atoms with van der Waals surface area (Å²) in [4.78, 5) is 26.6. The predicted molar refractivity (Wildman–Crippen MR) is 80.7 cm³/mol. The van der Waals surface area contributed by atoms with E-state index in [1.165, 1.54) is 11.1 Å². The van der Waals surface area contributed by atoms with Crippen LogP contribution in [0.5, 0.6) is 0 Å². The van der Waals surface area contributed by atoms with Crippen molar-refractivity contribution in [1.82, 2.24) is 10.2 Å². The molecule has 112 valence electrons. The van der Waals surface area contributed by atoms with Crippen molar-refractivity contribution in [2.75, 3.05) is 6.54 Å². The van der Waals surface area contributed by atoms with Gasteiger partial charge in [-0.15, -0.1) is 0 Å². The molecule has 1 saturated carbocycles. The summed E-state index contributed by atoms with van der Waals surface area (Å²) in [6.07, 6.45) is 3.61. The first-order chi connectivity index (χ1) is 10.0. The molecule has 1 aromatic rings. The normalized spacial score (nSPS) is 21.0. The van der Waals surface area contributed by atoms with E-state index in [1.807, 2.05) is 4.90 Å². The van der Waals surface area contributed by atoms with E-state index in [2.05, 4.69) is 37.4 Å². The molecule has 21 heavy (non-hydrogen) atoms. The van der Waals surface area contributed by atoms with Crippen molar-refractivity contribution < 1.29 is 9.59 Å². The SMILES string of the molecule is Cc1cc(C)cc(CN2C(=O)CNC(=O)C23CCCC3)c1. The number of hydrogen-bond acceptors (Lipinski definition) is 2. The summed E-state index contributed by atoms with van der Waals surface area (Å²) in [6.45, 7) is 4.79. The van der Waals surface area contributed by atoms with Crippen LogP contribution in [0, 0.1) is 13.8 Å². The number of rotatable bonds is 2. The summed E-state index contributed by atoms with van der Waals surface area (Å²) >= 11 is 0. The fourth-order valence-corrected chi connectivity index (χ4v) is 3.82. The summed E-state index contributed by atoms with van der Waals surface area (Å²) in [7, 11) is 0. The van der Waals surface area contributed by atoms with E-state index in [9.17, 15) is 9.59 Å². The second-order valence-corrected chi connectivity index (χ2v) is 6.40. The molecule has 1 saturated heterocycles. The van der Waals surface area contributed by atoms with Gasteiger partial charge in [-0.25, -0.2) is 0 Å². The molecule has 1 N–H and O–H groups in total. The standard InChI is InChI=1S/C17H22N2O2/c1-12-7-13(2)9-14(8-12)11-19-15(20)10-18-16(21)17(19)5-3-4-6-17/h7-9H,3-6,10-11H2,1-2H3,(H,18,21). The van der Waals surface area contributed by atoms with E-state index in [0.29, 0.717) is 6.54 Å². The first kappa shape index (κ1) is 14.1. The lowest BCUT2D eigenvalue weighted by atomic mass is 9.90. The number of benzene rings is 1. The smallest absolute Gasteiger partial charge is 0.246 e. The van der Waals surface area contributed by atoms with Gasteiger partial charge < -0.3 is 10.2 Å². The van der Waals surface area contributed by atoms with Crippen molar-refractivity contribution in [1.29, 1.82) is 0 Å². The highest BCUT2D eigenvalue weighted by molar-refractivity contribution is 5.98. The van der Waals surface area contributed by atoms with Crippen LogP contribution >= 0.6 is 0 Å². The monoisotopic (exact) mass is 286 g/mol. The molecule has 0 atom stereocenters. The minimum absolute atomic E-state index is 0.0315. The molecule has 0 unspecified atom stereocenters. The molecule has 0 aromatic heterocycles. The molecule has 1 aliphatic heterocycles. The van der Waals surface area contributed by atoms with E-state index >= 15 is 0 Å². The second-order valence-electron chi connectivity index (χ2n) is 6.40. The molecule has 1 aliphatic carbocycles. The van der Waals surface area contributed by atoms with Gasteiger partial charge in [-0.1, -0.05) is 42.2 Å². The molecular weight excluding hydrogens is 264 g/mol. The lowest BCUT2D eigenvalue weighted by molar-refractivity contribution is -0.154. The van der Waals surface area contributed by atoms with Gasteiger partial charge in [-0.2, -0.15) is 0 Å². The van der Waals surface area contributed by atoms with Gasteiger partial charge in [0.2, 0.25) is 11.8 Å². The van der Waals surface area contributed by atoms with E-state index < -0.39 is 5.54 Å². The predicted octanol–water partition coefficient (Wildman–Crippen LogP) is 2.07.